The zero-order valence-electron chi connectivity index (χ0n) is 16.4. The van der Waals surface area contributed by atoms with Crippen molar-refractivity contribution in [1.29, 1.82) is 0 Å². The number of carbonyl (C=O) groups is 1. The molecule has 1 atom stereocenters. The lowest BCUT2D eigenvalue weighted by Gasteiger charge is -2.24. The third-order valence-corrected chi connectivity index (χ3v) is 4.27. The maximum absolute atomic E-state index is 12.1. The van der Waals surface area contributed by atoms with Crippen molar-refractivity contribution in [2.45, 2.75) is 19.9 Å². The zero-order chi connectivity index (χ0) is 18.8. The van der Waals surface area contributed by atoms with Gasteiger partial charge in [-0.3, -0.25) is 4.79 Å². The summed E-state index contributed by atoms with van der Waals surface area (Å²) < 4.78 is 10.6. The van der Waals surface area contributed by atoms with Crippen LogP contribution in [0.2, 0.25) is 0 Å². The molecule has 0 saturated carbocycles. The predicted octanol–water partition coefficient (Wildman–Crippen LogP) is 1.86. The molecule has 0 radical (unpaired) electrons. The maximum atomic E-state index is 12.1. The lowest BCUT2D eigenvalue weighted by Crippen LogP contribution is -2.42. The number of hydrogen-bond acceptors (Lipinski definition) is 4. The summed E-state index contributed by atoms with van der Waals surface area (Å²) in [5, 5.41) is 6.13. The molecule has 1 aromatic rings. The average Bonchev–Trinajstić information content (AvgIpc) is 3.16. The Morgan fingerprint density at radius 2 is 2.07 bits per heavy atom. The van der Waals surface area contributed by atoms with E-state index in [4.69, 9.17) is 9.47 Å². The van der Waals surface area contributed by atoms with E-state index in [0.717, 1.165) is 50.0 Å². The van der Waals surface area contributed by atoms with E-state index in [0.29, 0.717) is 12.5 Å². The fourth-order valence-electron chi connectivity index (χ4n) is 2.82. The van der Waals surface area contributed by atoms with E-state index < -0.39 is 0 Å². The number of amides is 1. The van der Waals surface area contributed by atoms with E-state index in [1.807, 2.05) is 38.2 Å². The molecular formula is C19H31IN4O3. The van der Waals surface area contributed by atoms with Crippen molar-refractivity contribution in [3.63, 3.8) is 0 Å². The van der Waals surface area contributed by atoms with Crippen molar-refractivity contribution >= 4 is 35.8 Å². The minimum Gasteiger partial charge on any atom is -0.497 e. The van der Waals surface area contributed by atoms with Gasteiger partial charge in [-0.15, -0.1) is 24.0 Å². The van der Waals surface area contributed by atoms with Crippen LogP contribution in [0.4, 0.5) is 0 Å². The van der Waals surface area contributed by atoms with Crippen molar-refractivity contribution in [3.05, 3.63) is 29.8 Å². The first-order chi connectivity index (χ1) is 12.6. The Morgan fingerprint density at radius 3 is 2.67 bits per heavy atom. The maximum Gasteiger partial charge on any atom is 0.242 e. The van der Waals surface area contributed by atoms with E-state index in [1.54, 1.807) is 7.11 Å². The molecule has 1 aliphatic heterocycles. The van der Waals surface area contributed by atoms with Crippen molar-refractivity contribution in [1.82, 2.24) is 15.5 Å². The molecule has 152 valence electrons. The molecule has 7 nitrogen and oxygen atoms in total. The van der Waals surface area contributed by atoms with Crippen LogP contribution in [0.15, 0.2) is 29.3 Å². The van der Waals surface area contributed by atoms with Crippen molar-refractivity contribution in [3.8, 4) is 5.75 Å². The number of nitrogens with zero attached hydrogens (tertiary/aromatic N) is 2. The molecule has 1 fully saturated rings. The highest BCUT2D eigenvalue weighted by Crippen LogP contribution is 2.13. The van der Waals surface area contributed by atoms with Gasteiger partial charge in [-0.05, 0) is 31.0 Å². The second-order valence-corrected chi connectivity index (χ2v) is 6.41. The van der Waals surface area contributed by atoms with Gasteiger partial charge in [-0.1, -0.05) is 12.1 Å². The molecular weight excluding hydrogens is 459 g/mol. The summed E-state index contributed by atoms with van der Waals surface area (Å²) in [7, 11) is 3.63. The Kier molecular flexibility index (Phi) is 11.1. The fourth-order valence-corrected chi connectivity index (χ4v) is 2.82. The Morgan fingerprint density at radius 1 is 1.33 bits per heavy atom. The highest BCUT2D eigenvalue weighted by atomic mass is 127. The molecule has 1 aliphatic rings. The quantitative estimate of drug-likeness (QED) is 0.331. The number of hydrogen-bond donors (Lipinski definition) is 2. The molecule has 1 unspecified atom stereocenters. The Labute approximate surface area is 178 Å². The van der Waals surface area contributed by atoms with Crippen molar-refractivity contribution < 1.29 is 14.3 Å². The van der Waals surface area contributed by atoms with Crippen molar-refractivity contribution in [2.75, 3.05) is 47.0 Å². The average molecular weight is 490 g/mol. The third-order valence-electron chi connectivity index (χ3n) is 4.27. The van der Waals surface area contributed by atoms with Gasteiger partial charge in [-0.2, -0.15) is 0 Å². The van der Waals surface area contributed by atoms with E-state index in [-0.39, 0.29) is 36.4 Å². The highest BCUT2D eigenvalue weighted by molar-refractivity contribution is 14.0. The van der Waals surface area contributed by atoms with Gasteiger partial charge in [-0.25, -0.2) is 4.99 Å². The standard InChI is InChI=1S/C19H30N4O3.HI/c1-4-20-19(23(2)13-16-9-10-26-14-16)22-12-18(24)21-11-15-5-7-17(25-3)8-6-15;/h5-8,16H,4,9-14H2,1-3H3,(H,20,22)(H,21,24);1H. The van der Waals surface area contributed by atoms with Crippen LogP contribution in [0.5, 0.6) is 5.75 Å². The first kappa shape index (κ1) is 23.5. The minimum atomic E-state index is -0.103. The molecule has 0 spiro atoms. The third kappa shape index (κ3) is 8.34. The molecule has 0 bridgehead atoms. The number of nitrogens with one attached hydrogen (secondary N) is 2. The molecule has 1 aromatic carbocycles. The van der Waals surface area contributed by atoms with Crippen LogP contribution >= 0.6 is 24.0 Å². The summed E-state index contributed by atoms with van der Waals surface area (Å²) >= 11 is 0. The Bertz CT molecular complexity index is 589. The Hall–Kier alpha value is -1.55. The first-order valence-corrected chi connectivity index (χ1v) is 9.09. The molecule has 0 aromatic heterocycles. The number of benzene rings is 1. The molecule has 27 heavy (non-hydrogen) atoms. The summed E-state index contributed by atoms with van der Waals surface area (Å²) in [5.74, 6) is 1.97. The van der Waals surface area contributed by atoms with Gasteiger partial charge in [0.05, 0.1) is 13.7 Å². The largest absolute Gasteiger partial charge is 0.497 e. The van der Waals surface area contributed by atoms with Crippen LogP contribution < -0.4 is 15.4 Å². The summed E-state index contributed by atoms with van der Waals surface area (Å²) in [6, 6.07) is 7.63. The van der Waals surface area contributed by atoms with E-state index in [9.17, 15) is 4.79 Å². The van der Waals surface area contributed by atoms with Crippen LogP contribution in [0.3, 0.4) is 0 Å². The van der Waals surface area contributed by atoms with Gasteiger partial charge in [0, 0.05) is 39.2 Å². The van der Waals surface area contributed by atoms with E-state index in [1.165, 1.54) is 0 Å². The lowest BCUT2D eigenvalue weighted by atomic mass is 10.1. The molecule has 1 heterocycles. The molecule has 2 N–H and O–H groups in total. The summed E-state index contributed by atoms with van der Waals surface area (Å²) in [6.45, 7) is 5.86. The van der Waals surface area contributed by atoms with Crippen LogP contribution in [-0.4, -0.2) is 63.8 Å². The summed E-state index contributed by atoms with van der Waals surface area (Å²) in [5.41, 5.74) is 1.02. The second kappa shape index (κ2) is 12.8. The van der Waals surface area contributed by atoms with Crippen LogP contribution in [-0.2, 0) is 16.1 Å². The van der Waals surface area contributed by atoms with E-state index >= 15 is 0 Å². The van der Waals surface area contributed by atoms with Crippen molar-refractivity contribution in [2.24, 2.45) is 10.9 Å². The monoisotopic (exact) mass is 490 g/mol. The zero-order valence-corrected chi connectivity index (χ0v) is 18.7. The van der Waals surface area contributed by atoms with Crippen LogP contribution in [0.25, 0.3) is 0 Å². The SMILES string of the molecule is CCNC(=NCC(=O)NCc1ccc(OC)cc1)N(C)CC1CCOC1.I. The smallest absolute Gasteiger partial charge is 0.242 e. The van der Waals surface area contributed by atoms with Gasteiger partial charge in [0.1, 0.15) is 12.3 Å². The number of guanidine groups is 1. The topological polar surface area (TPSA) is 75.2 Å². The Balaban J connectivity index is 0.00000364. The number of methoxy groups -OCH3 is 1. The van der Waals surface area contributed by atoms with Gasteiger partial charge in [0.2, 0.25) is 5.91 Å². The predicted molar refractivity (Wildman–Crippen MR) is 118 cm³/mol. The fraction of sp³-hybridized carbons (Fsp3) is 0.579. The molecule has 2 rings (SSSR count). The minimum absolute atomic E-state index is 0. The first-order valence-electron chi connectivity index (χ1n) is 9.09. The van der Waals surface area contributed by atoms with Gasteiger partial charge in [0.25, 0.3) is 0 Å². The summed E-state index contributed by atoms with van der Waals surface area (Å²) in [4.78, 5) is 18.6. The number of aliphatic imine (C=N–C) groups is 1. The number of halogens is 1. The molecule has 0 aliphatic carbocycles. The molecule has 1 saturated heterocycles. The lowest BCUT2D eigenvalue weighted by molar-refractivity contribution is -0.119. The number of carbonyl (C=O) groups excluding carboxylic acids is 1. The molecule has 1 amide bonds. The van der Waals surface area contributed by atoms with Gasteiger partial charge < -0.3 is 25.0 Å². The molecule has 8 heteroatoms. The van der Waals surface area contributed by atoms with Gasteiger partial charge in [0.15, 0.2) is 5.96 Å². The van der Waals surface area contributed by atoms with E-state index in [2.05, 4.69) is 20.5 Å². The number of rotatable bonds is 8. The van der Waals surface area contributed by atoms with Crippen LogP contribution in [0, 0.1) is 5.92 Å². The van der Waals surface area contributed by atoms with Crippen LogP contribution in [0.1, 0.15) is 18.9 Å². The van der Waals surface area contributed by atoms with Gasteiger partial charge >= 0.3 is 0 Å². The summed E-state index contributed by atoms with van der Waals surface area (Å²) in [6.07, 6.45) is 1.08. The number of ether oxygens (including phenoxy) is 2. The highest BCUT2D eigenvalue weighted by Gasteiger charge is 2.19. The normalized spacial score (nSPS) is 16.4. The second-order valence-electron chi connectivity index (χ2n) is 6.41.